The molecule has 1 heterocycles. The van der Waals surface area contributed by atoms with E-state index in [1.165, 1.54) is 12.1 Å². The summed E-state index contributed by atoms with van der Waals surface area (Å²) >= 11 is 0. The van der Waals surface area contributed by atoms with Crippen LogP contribution in [-0.2, 0) is 6.42 Å². The number of carbonyl (C=O) groups excluding carboxylic acids is 1. The molecule has 0 aliphatic carbocycles. The summed E-state index contributed by atoms with van der Waals surface area (Å²) in [6.07, 6.45) is -4.19. The summed E-state index contributed by atoms with van der Waals surface area (Å²) in [5.74, 6) is -0.385. The smallest absolute Gasteiger partial charge is 0.406 e. The van der Waals surface area contributed by atoms with Crippen LogP contribution in [0.2, 0.25) is 0 Å². The van der Waals surface area contributed by atoms with Gasteiger partial charge in [-0.15, -0.1) is 13.2 Å². The van der Waals surface area contributed by atoms with E-state index in [1.54, 1.807) is 24.3 Å². The lowest BCUT2D eigenvalue weighted by Crippen LogP contribution is -2.20. The highest BCUT2D eigenvalue weighted by atomic mass is 19.4. The maximum Gasteiger partial charge on any atom is 0.573 e. The first-order valence-corrected chi connectivity index (χ1v) is 6.67. The van der Waals surface area contributed by atoms with Crippen LogP contribution in [0.25, 0.3) is 0 Å². The molecule has 0 saturated carbocycles. The highest BCUT2D eigenvalue weighted by Gasteiger charge is 2.31. The van der Waals surface area contributed by atoms with E-state index in [0.717, 1.165) is 11.1 Å². The second-order valence-corrected chi connectivity index (χ2v) is 5.01. The predicted octanol–water partition coefficient (Wildman–Crippen LogP) is 3.61. The first-order valence-electron chi connectivity index (χ1n) is 6.67. The molecule has 0 fully saturated rings. The van der Waals surface area contributed by atoms with Gasteiger partial charge in [0.2, 0.25) is 0 Å². The molecule has 3 rings (SSSR count). The predicted molar refractivity (Wildman–Crippen MR) is 73.5 cm³/mol. The number of rotatable bonds is 3. The van der Waals surface area contributed by atoms with Gasteiger partial charge in [-0.2, -0.15) is 0 Å². The van der Waals surface area contributed by atoms with Crippen molar-refractivity contribution < 1.29 is 22.7 Å². The number of halogens is 3. The molecule has 2 aromatic carbocycles. The number of benzene rings is 2. The van der Waals surface area contributed by atoms with Crippen molar-refractivity contribution in [1.29, 1.82) is 0 Å². The standard InChI is InChI=1S/C16H12F3NO2/c17-16(18,19)22-11-7-5-10(6-8-11)9-14-12-3-1-2-4-13(12)15(21)20-14/h1-8,14H,9H2,(H,20,21). The van der Waals surface area contributed by atoms with Crippen LogP contribution in [0.15, 0.2) is 48.5 Å². The fraction of sp³-hybridized carbons (Fsp3) is 0.188. The van der Waals surface area contributed by atoms with Crippen molar-refractivity contribution >= 4 is 5.91 Å². The Balaban J connectivity index is 1.74. The largest absolute Gasteiger partial charge is 0.573 e. The van der Waals surface area contributed by atoms with Gasteiger partial charge in [-0.3, -0.25) is 4.79 Å². The zero-order chi connectivity index (χ0) is 15.7. The van der Waals surface area contributed by atoms with Gasteiger partial charge in [0.1, 0.15) is 5.75 Å². The Morgan fingerprint density at radius 2 is 1.73 bits per heavy atom. The molecule has 0 bridgehead atoms. The van der Waals surface area contributed by atoms with Crippen molar-refractivity contribution in [3.05, 3.63) is 65.2 Å². The minimum Gasteiger partial charge on any atom is -0.406 e. The third-order valence-electron chi connectivity index (χ3n) is 3.48. The van der Waals surface area contributed by atoms with Gasteiger partial charge in [0.05, 0.1) is 6.04 Å². The lowest BCUT2D eigenvalue weighted by Gasteiger charge is -2.13. The van der Waals surface area contributed by atoms with Gasteiger partial charge in [-0.05, 0) is 35.7 Å². The SMILES string of the molecule is O=C1NC(Cc2ccc(OC(F)(F)F)cc2)c2ccccc21. The maximum absolute atomic E-state index is 12.1. The molecule has 1 N–H and O–H groups in total. The molecule has 0 saturated heterocycles. The number of nitrogens with one attached hydrogen (secondary N) is 1. The Kier molecular flexibility index (Phi) is 3.52. The number of hydrogen-bond acceptors (Lipinski definition) is 2. The third kappa shape index (κ3) is 3.05. The highest BCUT2D eigenvalue weighted by molar-refractivity contribution is 5.99. The van der Waals surface area contributed by atoms with E-state index in [0.29, 0.717) is 12.0 Å². The Morgan fingerprint density at radius 1 is 1.05 bits per heavy atom. The summed E-state index contributed by atoms with van der Waals surface area (Å²) in [5.41, 5.74) is 2.36. The molecule has 2 aromatic rings. The molecular weight excluding hydrogens is 295 g/mol. The molecule has 3 nitrogen and oxygen atoms in total. The van der Waals surface area contributed by atoms with Gasteiger partial charge in [0, 0.05) is 5.56 Å². The molecular formula is C16H12F3NO2. The third-order valence-corrected chi connectivity index (χ3v) is 3.48. The zero-order valence-corrected chi connectivity index (χ0v) is 11.4. The molecule has 0 radical (unpaired) electrons. The topological polar surface area (TPSA) is 38.3 Å². The fourth-order valence-electron chi connectivity index (χ4n) is 2.55. The summed E-state index contributed by atoms with van der Waals surface area (Å²) in [7, 11) is 0. The average Bonchev–Trinajstić information content (AvgIpc) is 2.77. The van der Waals surface area contributed by atoms with Crippen LogP contribution in [0.1, 0.15) is 27.5 Å². The minimum absolute atomic E-state index is 0.127. The summed E-state index contributed by atoms with van der Waals surface area (Å²) in [4.78, 5) is 11.8. The quantitative estimate of drug-likeness (QED) is 0.940. The second kappa shape index (κ2) is 5.36. The van der Waals surface area contributed by atoms with E-state index in [-0.39, 0.29) is 17.7 Å². The van der Waals surface area contributed by atoms with E-state index in [4.69, 9.17) is 0 Å². The molecule has 1 amide bonds. The second-order valence-electron chi connectivity index (χ2n) is 5.01. The van der Waals surface area contributed by atoms with Gasteiger partial charge in [0.15, 0.2) is 0 Å². The average molecular weight is 307 g/mol. The molecule has 114 valence electrons. The highest BCUT2D eigenvalue weighted by Crippen LogP contribution is 2.29. The number of fused-ring (bicyclic) bond motifs is 1. The van der Waals surface area contributed by atoms with E-state index < -0.39 is 6.36 Å². The first-order chi connectivity index (χ1) is 10.4. The van der Waals surface area contributed by atoms with Gasteiger partial charge in [-0.25, -0.2) is 0 Å². The van der Waals surface area contributed by atoms with E-state index in [1.807, 2.05) is 12.1 Å². The number of amides is 1. The molecule has 1 aliphatic rings. The summed E-state index contributed by atoms with van der Waals surface area (Å²) in [5, 5.41) is 2.87. The maximum atomic E-state index is 12.1. The Labute approximate surface area is 124 Å². The summed E-state index contributed by atoms with van der Waals surface area (Å²) in [6.45, 7) is 0. The fourth-order valence-corrected chi connectivity index (χ4v) is 2.55. The summed E-state index contributed by atoms with van der Waals surface area (Å²) < 4.78 is 40.2. The van der Waals surface area contributed by atoms with Crippen molar-refractivity contribution in [3.8, 4) is 5.75 Å². The van der Waals surface area contributed by atoms with Gasteiger partial charge < -0.3 is 10.1 Å². The van der Waals surface area contributed by atoms with Gasteiger partial charge >= 0.3 is 6.36 Å². The molecule has 1 atom stereocenters. The van der Waals surface area contributed by atoms with Crippen LogP contribution in [0, 0.1) is 0 Å². The van der Waals surface area contributed by atoms with Crippen LogP contribution in [-0.4, -0.2) is 12.3 Å². The molecule has 6 heteroatoms. The molecule has 22 heavy (non-hydrogen) atoms. The Morgan fingerprint density at radius 3 is 2.41 bits per heavy atom. The van der Waals surface area contributed by atoms with Gasteiger partial charge in [0.25, 0.3) is 5.91 Å². The van der Waals surface area contributed by atoms with Crippen LogP contribution < -0.4 is 10.1 Å². The number of hydrogen-bond donors (Lipinski definition) is 1. The molecule has 1 unspecified atom stereocenters. The van der Waals surface area contributed by atoms with Crippen molar-refractivity contribution in [1.82, 2.24) is 5.32 Å². The zero-order valence-electron chi connectivity index (χ0n) is 11.4. The van der Waals surface area contributed by atoms with E-state index in [2.05, 4.69) is 10.1 Å². The van der Waals surface area contributed by atoms with E-state index >= 15 is 0 Å². The van der Waals surface area contributed by atoms with E-state index in [9.17, 15) is 18.0 Å². The normalized spacial score (nSPS) is 17.0. The number of alkyl halides is 3. The van der Waals surface area contributed by atoms with Gasteiger partial charge in [-0.1, -0.05) is 30.3 Å². The monoisotopic (exact) mass is 307 g/mol. The Bertz CT molecular complexity index is 695. The van der Waals surface area contributed by atoms with Crippen molar-refractivity contribution in [2.24, 2.45) is 0 Å². The molecule has 0 aromatic heterocycles. The molecule has 1 aliphatic heterocycles. The van der Waals surface area contributed by atoms with Crippen LogP contribution >= 0.6 is 0 Å². The molecule has 0 spiro atoms. The lowest BCUT2D eigenvalue weighted by molar-refractivity contribution is -0.274. The van der Waals surface area contributed by atoms with Crippen LogP contribution in [0.4, 0.5) is 13.2 Å². The number of ether oxygens (including phenoxy) is 1. The van der Waals surface area contributed by atoms with Crippen LogP contribution in [0.5, 0.6) is 5.75 Å². The minimum atomic E-state index is -4.69. The Hall–Kier alpha value is -2.50. The first kappa shape index (κ1) is 14.4. The lowest BCUT2D eigenvalue weighted by atomic mass is 9.99. The van der Waals surface area contributed by atoms with Crippen LogP contribution in [0.3, 0.4) is 0 Å². The van der Waals surface area contributed by atoms with Crippen molar-refractivity contribution in [3.63, 3.8) is 0 Å². The number of carbonyl (C=O) groups is 1. The summed E-state index contributed by atoms with van der Waals surface area (Å²) in [6, 6.07) is 12.8. The van der Waals surface area contributed by atoms with Crippen molar-refractivity contribution in [2.45, 2.75) is 18.8 Å². The van der Waals surface area contributed by atoms with Crippen molar-refractivity contribution in [2.75, 3.05) is 0 Å².